The Labute approximate surface area is 121 Å². The van der Waals surface area contributed by atoms with E-state index in [9.17, 15) is 0 Å². The van der Waals surface area contributed by atoms with Crippen LogP contribution in [0.4, 0.5) is 0 Å². The van der Waals surface area contributed by atoms with E-state index in [-0.39, 0.29) is 0 Å². The number of nitrogens with zero attached hydrogens (tertiary/aromatic N) is 1. The Balaban J connectivity index is 2.03. The van der Waals surface area contributed by atoms with Gasteiger partial charge in [0, 0.05) is 13.1 Å². The van der Waals surface area contributed by atoms with Gasteiger partial charge >= 0.3 is 0 Å². The second-order valence-corrected chi connectivity index (χ2v) is 4.68. The van der Waals surface area contributed by atoms with E-state index in [1.165, 1.54) is 11.1 Å². The smallest absolute Gasteiger partial charge is 0.118 e. The quantitative estimate of drug-likeness (QED) is 0.743. The van der Waals surface area contributed by atoms with Gasteiger partial charge in [-0.15, -0.1) is 6.42 Å². The standard InChI is InChI=1S/C18H19NO/c1-3-13-19(14-16-7-5-4-6-8-16)15-17-9-11-18(20-2)12-10-17/h1,4-12H,13-15H2,2H3. The van der Waals surface area contributed by atoms with E-state index < -0.39 is 0 Å². The van der Waals surface area contributed by atoms with Crippen molar-refractivity contribution >= 4 is 0 Å². The molecule has 0 fully saturated rings. The molecular weight excluding hydrogens is 246 g/mol. The largest absolute Gasteiger partial charge is 0.497 e. The van der Waals surface area contributed by atoms with Gasteiger partial charge in [-0.05, 0) is 23.3 Å². The maximum Gasteiger partial charge on any atom is 0.118 e. The lowest BCUT2D eigenvalue weighted by atomic mass is 10.1. The highest BCUT2D eigenvalue weighted by molar-refractivity contribution is 5.27. The summed E-state index contributed by atoms with van der Waals surface area (Å²) in [6.45, 7) is 2.33. The SMILES string of the molecule is C#CCN(Cc1ccccc1)Cc1ccc(OC)cc1. The van der Waals surface area contributed by atoms with Gasteiger partial charge in [0.05, 0.1) is 13.7 Å². The fraction of sp³-hybridized carbons (Fsp3) is 0.222. The lowest BCUT2D eigenvalue weighted by Gasteiger charge is -2.20. The normalized spacial score (nSPS) is 10.2. The number of rotatable bonds is 6. The van der Waals surface area contributed by atoms with Gasteiger partial charge in [-0.25, -0.2) is 0 Å². The predicted molar refractivity (Wildman–Crippen MR) is 82.4 cm³/mol. The molecule has 0 aliphatic rings. The summed E-state index contributed by atoms with van der Waals surface area (Å²) in [6, 6.07) is 18.5. The Morgan fingerprint density at radius 2 is 1.55 bits per heavy atom. The first kappa shape index (κ1) is 14.2. The Bertz CT molecular complexity index is 554. The third kappa shape index (κ3) is 4.15. The number of hydrogen-bond donors (Lipinski definition) is 0. The third-order valence-electron chi connectivity index (χ3n) is 3.13. The van der Waals surface area contributed by atoms with Gasteiger partial charge in [0.1, 0.15) is 5.75 Å². The minimum absolute atomic E-state index is 0.640. The van der Waals surface area contributed by atoms with Crippen molar-refractivity contribution in [1.29, 1.82) is 0 Å². The van der Waals surface area contributed by atoms with Gasteiger partial charge in [0.2, 0.25) is 0 Å². The number of hydrogen-bond acceptors (Lipinski definition) is 2. The summed E-state index contributed by atoms with van der Waals surface area (Å²) in [5.41, 5.74) is 2.51. The summed E-state index contributed by atoms with van der Waals surface area (Å²) in [4.78, 5) is 2.25. The van der Waals surface area contributed by atoms with Crippen LogP contribution in [0.2, 0.25) is 0 Å². The van der Waals surface area contributed by atoms with Crippen molar-refractivity contribution in [3.05, 3.63) is 65.7 Å². The molecular formula is C18H19NO. The minimum Gasteiger partial charge on any atom is -0.497 e. The van der Waals surface area contributed by atoms with Crippen molar-refractivity contribution in [1.82, 2.24) is 4.90 Å². The zero-order valence-corrected chi connectivity index (χ0v) is 11.8. The molecule has 0 spiro atoms. The van der Waals surface area contributed by atoms with E-state index in [1.807, 2.05) is 18.2 Å². The third-order valence-corrected chi connectivity index (χ3v) is 3.13. The van der Waals surface area contributed by atoms with Crippen LogP contribution in [0.25, 0.3) is 0 Å². The lowest BCUT2D eigenvalue weighted by Crippen LogP contribution is -2.23. The summed E-state index contributed by atoms with van der Waals surface area (Å²) in [5, 5.41) is 0. The number of ether oxygens (including phenoxy) is 1. The van der Waals surface area contributed by atoms with E-state index in [0.29, 0.717) is 6.54 Å². The van der Waals surface area contributed by atoms with Gasteiger partial charge < -0.3 is 4.74 Å². The molecule has 0 bridgehead atoms. The highest BCUT2D eigenvalue weighted by atomic mass is 16.5. The lowest BCUT2D eigenvalue weighted by molar-refractivity contribution is 0.290. The maximum atomic E-state index is 5.47. The minimum atomic E-state index is 0.640. The van der Waals surface area contributed by atoms with E-state index >= 15 is 0 Å². The van der Waals surface area contributed by atoms with Gasteiger partial charge in [-0.2, -0.15) is 0 Å². The van der Waals surface area contributed by atoms with Crippen molar-refractivity contribution in [2.24, 2.45) is 0 Å². The molecule has 2 aromatic carbocycles. The summed E-state index contributed by atoms with van der Waals surface area (Å²) in [5.74, 6) is 3.61. The van der Waals surface area contributed by atoms with Crippen molar-refractivity contribution in [3.8, 4) is 18.1 Å². The first-order valence-corrected chi connectivity index (χ1v) is 6.64. The topological polar surface area (TPSA) is 12.5 Å². The first-order valence-electron chi connectivity index (χ1n) is 6.64. The number of methoxy groups -OCH3 is 1. The number of benzene rings is 2. The van der Waals surface area contributed by atoms with Crippen LogP contribution in [-0.4, -0.2) is 18.6 Å². The molecule has 0 aliphatic heterocycles. The fourth-order valence-corrected chi connectivity index (χ4v) is 2.13. The van der Waals surface area contributed by atoms with Crippen LogP contribution in [0.5, 0.6) is 5.75 Å². The highest BCUT2D eigenvalue weighted by Crippen LogP contribution is 2.14. The molecule has 0 amide bonds. The second kappa shape index (κ2) is 7.37. The van der Waals surface area contributed by atoms with Crippen LogP contribution in [0.3, 0.4) is 0 Å². The van der Waals surface area contributed by atoms with E-state index in [0.717, 1.165) is 18.8 Å². The van der Waals surface area contributed by atoms with Gasteiger partial charge in [-0.3, -0.25) is 4.90 Å². The van der Waals surface area contributed by atoms with Crippen LogP contribution in [0, 0.1) is 12.3 Å². The molecule has 20 heavy (non-hydrogen) atoms. The van der Waals surface area contributed by atoms with Crippen molar-refractivity contribution in [2.75, 3.05) is 13.7 Å². The van der Waals surface area contributed by atoms with Crippen molar-refractivity contribution in [3.63, 3.8) is 0 Å². The van der Waals surface area contributed by atoms with E-state index in [2.05, 4.69) is 47.2 Å². The summed E-state index contributed by atoms with van der Waals surface area (Å²) < 4.78 is 5.17. The summed E-state index contributed by atoms with van der Waals surface area (Å²) in [6.07, 6.45) is 5.47. The molecule has 2 heteroatoms. The molecule has 0 unspecified atom stereocenters. The zero-order chi connectivity index (χ0) is 14.2. The Kier molecular flexibility index (Phi) is 5.23. The maximum absolute atomic E-state index is 5.47. The molecule has 0 aliphatic carbocycles. The van der Waals surface area contributed by atoms with Gasteiger partial charge in [0.15, 0.2) is 0 Å². The van der Waals surface area contributed by atoms with Crippen molar-refractivity contribution < 1.29 is 4.74 Å². The average Bonchev–Trinajstić information content (AvgIpc) is 2.49. The molecule has 2 rings (SSSR count). The van der Waals surface area contributed by atoms with Crippen LogP contribution < -0.4 is 4.74 Å². The van der Waals surface area contributed by atoms with Gasteiger partial charge in [-0.1, -0.05) is 48.4 Å². The van der Waals surface area contributed by atoms with E-state index in [1.54, 1.807) is 7.11 Å². The monoisotopic (exact) mass is 265 g/mol. The molecule has 0 saturated carbocycles. The molecule has 0 N–H and O–H groups in total. The Hall–Kier alpha value is -2.24. The Morgan fingerprint density at radius 3 is 2.10 bits per heavy atom. The molecule has 2 nitrogen and oxygen atoms in total. The molecule has 0 aromatic heterocycles. The van der Waals surface area contributed by atoms with E-state index in [4.69, 9.17) is 11.2 Å². The second-order valence-electron chi connectivity index (χ2n) is 4.68. The first-order chi connectivity index (χ1) is 9.81. The van der Waals surface area contributed by atoms with Crippen molar-refractivity contribution in [2.45, 2.75) is 13.1 Å². The molecule has 0 saturated heterocycles. The highest BCUT2D eigenvalue weighted by Gasteiger charge is 2.06. The summed E-state index contributed by atoms with van der Waals surface area (Å²) in [7, 11) is 1.68. The van der Waals surface area contributed by atoms with Crippen LogP contribution in [0.15, 0.2) is 54.6 Å². The van der Waals surface area contributed by atoms with Crippen LogP contribution in [0.1, 0.15) is 11.1 Å². The van der Waals surface area contributed by atoms with Crippen LogP contribution >= 0.6 is 0 Å². The van der Waals surface area contributed by atoms with Crippen LogP contribution in [-0.2, 0) is 13.1 Å². The molecule has 0 atom stereocenters. The molecule has 0 heterocycles. The average molecular weight is 265 g/mol. The number of terminal acetylenes is 1. The molecule has 2 aromatic rings. The molecule has 102 valence electrons. The molecule has 0 radical (unpaired) electrons. The zero-order valence-electron chi connectivity index (χ0n) is 11.8. The fourth-order valence-electron chi connectivity index (χ4n) is 2.13. The summed E-state index contributed by atoms with van der Waals surface area (Å²) >= 11 is 0. The van der Waals surface area contributed by atoms with Gasteiger partial charge in [0.25, 0.3) is 0 Å². The Morgan fingerprint density at radius 1 is 0.950 bits per heavy atom. The predicted octanol–water partition coefficient (Wildman–Crippen LogP) is 3.33.